The first-order chi connectivity index (χ1) is 9.03. The van der Waals surface area contributed by atoms with Gasteiger partial charge >= 0.3 is 0 Å². The van der Waals surface area contributed by atoms with Crippen LogP contribution < -0.4 is 10.0 Å². The molecular formula is C13H20N2O2S2. The normalized spacial score (nSPS) is 24.1. The Kier molecular flexibility index (Phi) is 4.76. The molecule has 2 atom stereocenters. The third-order valence-corrected chi connectivity index (χ3v) is 6.16. The van der Waals surface area contributed by atoms with Crippen LogP contribution in [0.5, 0.6) is 0 Å². The van der Waals surface area contributed by atoms with E-state index in [9.17, 15) is 8.42 Å². The molecule has 6 heteroatoms. The van der Waals surface area contributed by atoms with E-state index in [-0.39, 0.29) is 0 Å². The van der Waals surface area contributed by atoms with Crippen LogP contribution in [0.3, 0.4) is 0 Å². The zero-order valence-electron chi connectivity index (χ0n) is 11.2. The molecule has 1 aromatic carbocycles. The molecule has 0 bridgehead atoms. The molecule has 2 rings (SSSR count). The van der Waals surface area contributed by atoms with E-state index in [1.807, 2.05) is 17.8 Å². The first kappa shape index (κ1) is 14.7. The molecule has 0 amide bonds. The molecule has 19 heavy (non-hydrogen) atoms. The molecule has 1 heterocycles. The number of thioether (sulfide) groups is 1. The average molecular weight is 300 g/mol. The quantitative estimate of drug-likeness (QED) is 0.896. The predicted octanol–water partition coefficient (Wildman–Crippen LogP) is 2.29. The van der Waals surface area contributed by atoms with E-state index in [0.717, 1.165) is 12.1 Å². The molecule has 2 unspecified atom stereocenters. The van der Waals surface area contributed by atoms with Crippen LogP contribution in [0.2, 0.25) is 0 Å². The van der Waals surface area contributed by atoms with Crippen molar-refractivity contribution in [3.05, 3.63) is 24.3 Å². The highest BCUT2D eigenvalue weighted by Gasteiger charge is 2.22. The standard InChI is InChI=1S/C13H20N2O2S2/c1-10-13(7-4-8-18-10)15-11-5-3-6-12(9-11)19(16,17)14-2/h3,5-6,9-10,13-15H,4,7-8H2,1-2H3. The van der Waals surface area contributed by atoms with Crippen molar-refractivity contribution in [2.75, 3.05) is 18.1 Å². The zero-order chi connectivity index (χ0) is 13.9. The molecule has 2 N–H and O–H groups in total. The molecular weight excluding hydrogens is 280 g/mol. The number of hydrogen-bond donors (Lipinski definition) is 2. The molecule has 0 radical (unpaired) electrons. The van der Waals surface area contributed by atoms with Crippen molar-refractivity contribution in [1.82, 2.24) is 4.72 Å². The van der Waals surface area contributed by atoms with Crippen molar-refractivity contribution in [2.45, 2.75) is 36.0 Å². The molecule has 0 saturated carbocycles. The minimum absolute atomic E-state index is 0.302. The molecule has 1 aromatic rings. The van der Waals surface area contributed by atoms with Crippen molar-refractivity contribution in [3.8, 4) is 0 Å². The lowest BCUT2D eigenvalue weighted by molar-refractivity contribution is 0.588. The fourth-order valence-corrected chi connectivity index (χ4v) is 4.11. The van der Waals surface area contributed by atoms with E-state index in [0.29, 0.717) is 16.2 Å². The lowest BCUT2D eigenvalue weighted by Gasteiger charge is -2.30. The summed E-state index contributed by atoms with van der Waals surface area (Å²) >= 11 is 1.97. The third kappa shape index (κ3) is 3.64. The number of sulfonamides is 1. The second kappa shape index (κ2) is 6.15. The summed E-state index contributed by atoms with van der Waals surface area (Å²) in [5.41, 5.74) is 0.871. The van der Waals surface area contributed by atoms with Crippen LogP contribution in [0.25, 0.3) is 0 Å². The van der Waals surface area contributed by atoms with Crippen molar-refractivity contribution in [3.63, 3.8) is 0 Å². The van der Waals surface area contributed by atoms with Gasteiger partial charge in [-0.1, -0.05) is 13.0 Å². The molecule has 4 nitrogen and oxygen atoms in total. The van der Waals surface area contributed by atoms with E-state index in [4.69, 9.17) is 0 Å². The molecule has 1 saturated heterocycles. The Labute approximate surface area is 119 Å². The summed E-state index contributed by atoms with van der Waals surface area (Å²) < 4.78 is 25.9. The Morgan fingerprint density at radius 1 is 1.37 bits per heavy atom. The van der Waals surface area contributed by atoms with Gasteiger partial charge < -0.3 is 5.32 Å². The van der Waals surface area contributed by atoms with Gasteiger partial charge in [-0.05, 0) is 43.8 Å². The summed E-state index contributed by atoms with van der Waals surface area (Å²) in [5.74, 6) is 1.22. The van der Waals surface area contributed by atoms with Gasteiger partial charge in [-0.15, -0.1) is 0 Å². The van der Waals surface area contributed by atoms with E-state index >= 15 is 0 Å². The van der Waals surface area contributed by atoms with Gasteiger partial charge in [0.25, 0.3) is 0 Å². The van der Waals surface area contributed by atoms with E-state index < -0.39 is 10.0 Å². The SMILES string of the molecule is CNS(=O)(=O)c1cccc(NC2CCCSC2C)c1. The molecule has 106 valence electrons. The summed E-state index contributed by atoms with van der Waals surface area (Å²) in [6.45, 7) is 2.22. The molecule has 1 aliphatic rings. The Morgan fingerprint density at radius 3 is 2.84 bits per heavy atom. The topological polar surface area (TPSA) is 58.2 Å². The van der Waals surface area contributed by atoms with Crippen molar-refractivity contribution in [1.29, 1.82) is 0 Å². The van der Waals surface area contributed by atoms with Gasteiger partial charge in [0.15, 0.2) is 0 Å². The second-order valence-electron chi connectivity index (χ2n) is 4.70. The molecule has 0 spiro atoms. The summed E-state index contributed by atoms with van der Waals surface area (Å²) in [6.07, 6.45) is 2.35. The van der Waals surface area contributed by atoms with Crippen LogP contribution in [-0.2, 0) is 10.0 Å². The van der Waals surface area contributed by atoms with Gasteiger partial charge in [0.05, 0.1) is 4.90 Å². The van der Waals surface area contributed by atoms with Crippen LogP contribution in [0.4, 0.5) is 5.69 Å². The third-order valence-electron chi connectivity index (χ3n) is 3.37. The van der Waals surface area contributed by atoms with Gasteiger partial charge in [-0.25, -0.2) is 13.1 Å². The van der Waals surface area contributed by atoms with Crippen molar-refractivity contribution < 1.29 is 8.42 Å². The van der Waals surface area contributed by atoms with Gasteiger partial charge in [-0.2, -0.15) is 11.8 Å². The van der Waals surface area contributed by atoms with Crippen LogP contribution in [0, 0.1) is 0 Å². The lowest BCUT2D eigenvalue weighted by atomic mass is 10.1. The Morgan fingerprint density at radius 2 is 2.16 bits per heavy atom. The maximum Gasteiger partial charge on any atom is 0.240 e. The van der Waals surface area contributed by atoms with Gasteiger partial charge in [0, 0.05) is 17.0 Å². The van der Waals surface area contributed by atoms with Crippen LogP contribution in [0.1, 0.15) is 19.8 Å². The van der Waals surface area contributed by atoms with E-state index in [2.05, 4.69) is 17.0 Å². The number of hydrogen-bond acceptors (Lipinski definition) is 4. The van der Waals surface area contributed by atoms with Gasteiger partial charge in [0.1, 0.15) is 0 Å². The fourth-order valence-electron chi connectivity index (χ4n) is 2.20. The summed E-state index contributed by atoms with van der Waals surface area (Å²) in [4.78, 5) is 0.302. The molecule has 1 aliphatic heterocycles. The number of anilines is 1. The predicted molar refractivity (Wildman–Crippen MR) is 81.3 cm³/mol. The smallest absolute Gasteiger partial charge is 0.240 e. The monoisotopic (exact) mass is 300 g/mol. The highest BCUT2D eigenvalue weighted by molar-refractivity contribution is 8.00. The fraction of sp³-hybridized carbons (Fsp3) is 0.538. The summed E-state index contributed by atoms with van der Waals surface area (Å²) in [6, 6.07) is 7.40. The van der Waals surface area contributed by atoms with Crippen LogP contribution >= 0.6 is 11.8 Å². The number of benzene rings is 1. The van der Waals surface area contributed by atoms with Gasteiger partial charge in [-0.3, -0.25) is 0 Å². The Bertz CT molecular complexity index is 531. The number of rotatable bonds is 4. The molecule has 0 aliphatic carbocycles. The second-order valence-corrected chi connectivity index (χ2v) is 8.08. The average Bonchev–Trinajstić information content (AvgIpc) is 2.42. The molecule has 0 aromatic heterocycles. The minimum atomic E-state index is -3.37. The van der Waals surface area contributed by atoms with Crippen LogP contribution in [-0.4, -0.2) is 32.5 Å². The summed E-state index contributed by atoms with van der Waals surface area (Å²) in [7, 11) is -1.94. The summed E-state index contributed by atoms with van der Waals surface area (Å²) in [5, 5.41) is 4.01. The van der Waals surface area contributed by atoms with Gasteiger partial charge in [0.2, 0.25) is 10.0 Å². The number of nitrogens with one attached hydrogen (secondary N) is 2. The largest absolute Gasteiger partial charge is 0.381 e. The Balaban J connectivity index is 2.15. The van der Waals surface area contributed by atoms with Crippen LogP contribution in [0.15, 0.2) is 29.2 Å². The Hall–Kier alpha value is -0.720. The first-order valence-electron chi connectivity index (χ1n) is 6.44. The molecule has 1 fully saturated rings. The van der Waals surface area contributed by atoms with Crippen molar-refractivity contribution >= 4 is 27.5 Å². The highest BCUT2D eigenvalue weighted by Crippen LogP contribution is 2.28. The highest BCUT2D eigenvalue weighted by atomic mass is 32.2. The zero-order valence-corrected chi connectivity index (χ0v) is 12.9. The maximum atomic E-state index is 11.8. The van der Waals surface area contributed by atoms with Crippen molar-refractivity contribution in [2.24, 2.45) is 0 Å². The first-order valence-corrected chi connectivity index (χ1v) is 8.98. The minimum Gasteiger partial charge on any atom is -0.381 e. The van der Waals surface area contributed by atoms with E-state index in [1.165, 1.54) is 19.2 Å². The van der Waals surface area contributed by atoms with E-state index in [1.54, 1.807) is 18.2 Å². The maximum absolute atomic E-state index is 11.8. The lowest BCUT2D eigenvalue weighted by Crippen LogP contribution is -2.32.